The molecule has 0 saturated heterocycles. The third-order valence-corrected chi connectivity index (χ3v) is 4.55. The van der Waals surface area contributed by atoms with Gasteiger partial charge >= 0.3 is 12.1 Å². The predicted molar refractivity (Wildman–Crippen MR) is 125 cm³/mol. The molecule has 0 bridgehead atoms. The third-order valence-electron chi connectivity index (χ3n) is 4.55. The summed E-state index contributed by atoms with van der Waals surface area (Å²) in [5.74, 6) is -1.48. The van der Waals surface area contributed by atoms with E-state index in [1.54, 1.807) is 20.8 Å². The molecule has 0 spiro atoms. The molecule has 2 amide bonds. The zero-order chi connectivity index (χ0) is 26.3. The summed E-state index contributed by atoms with van der Waals surface area (Å²) in [4.78, 5) is 61.9. The normalized spacial score (nSPS) is 13.0. The van der Waals surface area contributed by atoms with Gasteiger partial charge in [-0.2, -0.15) is 0 Å². The third kappa shape index (κ3) is 8.09. The zero-order valence-electron chi connectivity index (χ0n) is 20.5. The van der Waals surface area contributed by atoms with Crippen LogP contribution >= 0.6 is 0 Å². The highest BCUT2D eigenvalue weighted by Crippen LogP contribution is 2.31. The van der Waals surface area contributed by atoms with Gasteiger partial charge in [-0.05, 0) is 58.2 Å². The molecule has 0 aliphatic carbocycles. The number of hydrogen-bond donors (Lipinski definition) is 2. The van der Waals surface area contributed by atoms with Gasteiger partial charge in [0.25, 0.3) is 5.69 Å². The van der Waals surface area contributed by atoms with Gasteiger partial charge in [-0.15, -0.1) is 0 Å². The Kier molecular flexibility index (Phi) is 8.93. The summed E-state index contributed by atoms with van der Waals surface area (Å²) in [5.41, 5.74) is -0.792. The molecule has 2 rings (SSSR count). The van der Waals surface area contributed by atoms with E-state index < -0.39 is 40.6 Å². The maximum atomic E-state index is 12.7. The Labute approximate surface area is 202 Å². The van der Waals surface area contributed by atoms with Crippen molar-refractivity contribution < 1.29 is 33.8 Å². The van der Waals surface area contributed by atoms with Crippen LogP contribution in [0.3, 0.4) is 0 Å². The number of aromatic nitrogens is 1. The Morgan fingerprint density at radius 3 is 2.40 bits per heavy atom. The van der Waals surface area contributed by atoms with E-state index in [-0.39, 0.29) is 28.3 Å². The van der Waals surface area contributed by atoms with Crippen LogP contribution in [0.4, 0.5) is 10.5 Å². The lowest BCUT2D eigenvalue weighted by Crippen LogP contribution is -2.52. The number of benzene rings is 1. The first kappa shape index (κ1) is 27.3. The van der Waals surface area contributed by atoms with Crippen molar-refractivity contribution in [3.63, 3.8) is 0 Å². The standard InChI is InChI=1S/C23H30N4O8/c1-13(2)12-16(26-22(30)33-23(4,5)6)20(28)25-14(3)21(29)35-34-18-10-9-17(27(31)32)15-8-7-11-24-19(15)18/h7-11,13-14,16H,12H2,1-6H3,(H,25,28)(H,26,30). The van der Waals surface area contributed by atoms with Crippen molar-refractivity contribution in [2.24, 2.45) is 5.92 Å². The Balaban J connectivity index is 2.04. The number of rotatable bonds is 9. The molecule has 2 aromatic rings. The number of pyridine rings is 1. The van der Waals surface area contributed by atoms with Gasteiger partial charge in [-0.1, -0.05) is 13.8 Å². The van der Waals surface area contributed by atoms with E-state index in [4.69, 9.17) is 14.5 Å². The van der Waals surface area contributed by atoms with Crippen LogP contribution in [-0.2, 0) is 19.2 Å². The smallest absolute Gasteiger partial charge is 0.408 e. The lowest BCUT2D eigenvalue weighted by atomic mass is 10.0. The molecule has 1 aromatic carbocycles. The van der Waals surface area contributed by atoms with Gasteiger partial charge in [0.15, 0.2) is 0 Å². The van der Waals surface area contributed by atoms with E-state index in [9.17, 15) is 24.5 Å². The number of nitrogens with zero attached hydrogens (tertiary/aromatic N) is 2. The van der Waals surface area contributed by atoms with Crippen molar-refractivity contribution in [3.8, 4) is 5.75 Å². The zero-order valence-corrected chi connectivity index (χ0v) is 20.5. The number of carbonyl (C=O) groups excluding carboxylic acids is 3. The molecule has 0 aliphatic rings. The number of amides is 2. The molecule has 2 N–H and O–H groups in total. The number of ether oxygens (including phenoxy) is 1. The van der Waals surface area contributed by atoms with E-state index in [1.807, 2.05) is 13.8 Å². The molecule has 2 unspecified atom stereocenters. The molecular weight excluding hydrogens is 460 g/mol. The van der Waals surface area contributed by atoms with Gasteiger partial charge < -0.3 is 15.4 Å². The lowest BCUT2D eigenvalue weighted by molar-refractivity contribution is -0.383. The van der Waals surface area contributed by atoms with E-state index in [2.05, 4.69) is 15.6 Å². The summed E-state index contributed by atoms with van der Waals surface area (Å²) in [5, 5.41) is 16.4. The van der Waals surface area contributed by atoms with Gasteiger partial charge in [-0.25, -0.2) is 14.5 Å². The summed E-state index contributed by atoms with van der Waals surface area (Å²) in [6.45, 7) is 10.2. The molecule has 1 aromatic heterocycles. The summed E-state index contributed by atoms with van der Waals surface area (Å²) in [7, 11) is 0. The minimum absolute atomic E-state index is 0.0117. The molecule has 12 nitrogen and oxygen atoms in total. The first-order chi connectivity index (χ1) is 16.3. The van der Waals surface area contributed by atoms with Crippen LogP contribution in [0.5, 0.6) is 5.75 Å². The highest BCUT2D eigenvalue weighted by atomic mass is 17.2. The fourth-order valence-electron chi connectivity index (χ4n) is 3.04. The summed E-state index contributed by atoms with van der Waals surface area (Å²) in [6.07, 6.45) is 0.967. The summed E-state index contributed by atoms with van der Waals surface area (Å²) in [6, 6.07) is 3.41. The topological polar surface area (TPSA) is 159 Å². The number of nitro groups is 1. The van der Waals surface area contributed by atoms with Crippen molar-refractivity contribution in [3.05, 3.63) is 40.6 Å². The largest absolute Gasteiger partial charge is 0.444 e. The van der Waals surface area contributed by atoms with Crippen LogP contribution in [-0.4, -0.2) is 45.6 Å². The van der Waals surface area contributed by atoms with E-state index in [0.29, 0.717) is 6.42 Å². The van der Waals surface area contributed by atoms with Crippen LogP contribution < -0.4 is 15.5 Å². The minimum atomic E-state index is -1.13. The Hall–Kier alpha value is -3.96. The monoisotopic (exact) mass is 490 g/mol. The van der Waals surface area contributed by atoms with Crippen LogP contribution in [0.25, 0.3) is 10.9 Å². The van der Waals surface area contributed by atoms with Gasteiger partial charge in [-0.3, -0.25) is 24.8 Å². The molecule has 1 heterocycles. The SMILES string of the molecule is CC(C)CC(NC(=O)OC(C)(C)C)C(=O)NC(C)C(=O)OOc1ccc([N+](=O)[O-])c2cccnc12. The summed E-state index contributed by atoms with van der Waals surface area (Å²) < 4.78 is 5.21. The maximum absolute atomic E-state index is 12.7. The number of non-ortho nitro benzene ring substituents is 1. The van der Waals surface area contributed by atoms with Crippen molar-refractivity contribution in [1.82, 2.24) is 15.6 Å². The van der Waals surface area contributed by atoms with Crippen LogP contribution in [0.15, 0.2) is 30.5 Å². The van der Waals surface area contributed by atoms with Gasteiger partial charge in [0.1, 0.15) is 23.2 Å². The number of nitrogens with one attached hydrogen (secondary N) is 2. The molecule has 35 heavy (non-hydrogen) atoms. The first-order valence-corrected chi connectivity index (χ1v) is 11.0. The lowest BCUT2D eigenvalue weighted by Gasteiger charge is -2.25. The van der Waals surface area contributed by atoms with Gasteiger partial charge in [0.2, 0.25) is 11.7 Å². The number of carbonyl (C=O) groups is 3. The number of nitro benzene ring substituents is 1. The second-order valence-electron chi connectivity index (χ2n) is 9.28. The van der Waals surface area contributed by atoms with Crippen molar-refractivity contribution in [2.45, 2.75) is 65.6 Å². The van der Waals surface area contributed by atoms with Crippen molar-refractivity contribution in [2.75, 3.05) is 0 Å². The average Bonchev–Trinajstić information content (AvgIpc) is 2.74. The Morgan fingerprint density at radius 1 is 1.11 bits per heavy atom. The first-order valence-electron chi connectivity index (χ1n) is 11.0. The fraction of sp³-hybridized carbons (Fsp3) is 0.478. The van der Waals surface area contributed by atoms with E-state index >= 15 is 0 Å². The molecule has 0 fully saturated rings. The minimum Gasteiger partial charge on any atom is -0.444 e. The Morgan fingerprint density at radius 2 is 1.80 bits per heavy atom. The highest BCUT2D eigenvalue weighted by molar-refractivity contribution is 5.92. The quantitative estimate of drug-likeness (QED) is 0.305. The molecule has 12 heteroatoms. The average molecular weight is 491 g/mol. The molecule has 190 valence electrons. The highest BCUT2D eigenvalue weighted by Gasteiger charge is 2.28. The van der Waals surface area contributed by atoms with Gasteiger partial charge in [0.05, 0.1) is 10.3 Å². The van der Waals surface area contributed by atoms with Crippen molar-refractivity contribution >= 4 is 34.6 Å². The molecule has 0 radical (unpaired) electrons. The second-order valence-corrected chi connectivity index (χ2v) is 9.28. The summed E-state index contributed by atoms with van der Waals surface area (Å²) >= 11 is 0. The fourth-order valence-corrected chi connectivity index (χ4v) is 3.04. The molecule has 0 saturated carbocycles. The molecule has 0 aliphatic heterocycles. The van der Waals surface area contributed by atoms with E-state index in [1.165, 1.54) is 37.4 Å². The van der Waals surface area contributed by atoms with Crippen LogP contribution in [0.2, 0.25) is 0 Å². The number of hydrogen-bond acceptors (Lipinski definition) is 9. The maximum Gasteiger partial charge on any atom is 0.408 e. The second kappa shape index (κ2) is 11.4. The van der Waals surface area contributed by atoms with Crippen LogP contribution in [0.1, 0.15) is 48.0 Å². The van der Waals surface area contributed by atoms with E-state index in [0.717, 1.165) is 0 Å². The molecular formula is C23H30N4O8. The van der Waals surface area contributed by atoms with Crippen molar-refractivity contribution in [1.29, 1.82) is 0 Å². The Bertz CT molecular complexity index is 1100. The predicted octanol–water partition coefficient (Wildman–Crippen LogP) is 3.42. The van der Waals surface area contributed by atoms with Gasteiger partial charge in [0, 0.05) is 12.3 Å². The number of fused-ring (bicyclic) bond motifs is 1. The molecule has 2 atom stereocenters. The van der Waals surface area contributed by atoms with Crippen LogP contribution in [0, 0.1) is 16.0 Å². The number of alkyl carbamates (subject to hydrolysis) is 1.